The Morgan fingerprint density at radius 1 is 1.14 bits per heavy atom. The maximum Gasteiger partial charge on any atom is 0.338 e. The molecule has 0 amide bonds. The van der Waals surface area contributed by atoms with Gasteiger partial charge in [0.2, 0.25) is 0 Å². The second kappa shape index (κ2) is 10.2. The van der Waals surface area contributed by atoms with Crippen molar-refractivity contribution in [2.24, 2.45) is 4.99 Å². The van der Waals surface area contributed by atoms with E-state index in [1.807, 2.05) is 0 Å². The van der Waals surface area contributed by atoms with Crippen molar-refractivity contribution in [2.45, 2.75) is 24.9 Å². The summed E-state index contributed by atoms with van der Waals surface area (Å²) in [6, 6.07) is 4.12. The molecule has 0 bridgehead atoms. The third kappa shape index (κ3) is 5.11. The fraction of sp³-hybridized carbons (Fsp3) is 0.400. The molecule has 0 radical (unpaired) electrons. The van der Waals surface area contributed by atoms with Gasteiger partial charge < -0.3 is 10.1 Å². The van der Waals surface area contributed by atoms with Crippen LogP contribution in [0.25, 0.3) is 0 Å². The summed E-state index contributed by atoms with van der Waals surface area (Å²) in [5.74, 6) is -2.92. The number of rotatable bonds is 6. The lowest BCUT2D eigenvalue weighted by Crippen LogP contribution is -2.49. The molecule has 1 aliphatic carbocycles. The number of aliphatic imine (C=N–C) groups is 1. The molecule has 190 valence electrons. The van der Waals surface area contributed by atoms with Crippen molar-refractivity contribution in [2.75, 3.05) is 39.8 Å². The number of ether oxygens (including phenoxy) is 1. The Kier molecular flexibility index (Phi) is 7.00. The topological polar surface area (TPSA) is 70.1 Å². The number of piperazine rings is 1. The van der Waals surface area contributed by atoms with E-state index >= 15 is 0 Å². The summed E-state index contributed by atoms with van der Waals surface area (Å²) in [6.07, 6.45) is 3.35. The SMILES string of the molecule is COC(=O)C1=C(CN2CCN(C3CC3)CC2)NC(c2ncc(F)cc2F)=N[C@H]1c1ccc(F)cc1Cl. The predicted octanol–water partition coefficient (Wildman–Crippen LogP) is 3.45. The third-order valence-corrected chi connectivity index (χ3v) is 7.00. The van der Waals surface area contributed by atoms with Gasteiger partial charge in [0, 0.05) is 61.1 Å². The maximum absolute atomic E-state index is 14.7. The highest BCUT2D eigenvalue weighted by molar-refractivity contribution is 6.31. The summed E-state index contributed by atoms with van der Waals surface area (Å²) in [7, 11) is 1.26. The van der Waals surface area contributed by atoms with Gasteiger partial charge in [-0.2, -0.15) is 0 Å². The van der Waals surface area contributed by atoms with Crippen molar-refractivity contribution >= 4 is 23.4 Å². The van der Waals surface area contributed by atoms with E-state index in [2.05, 4.69) is 25.1 Å². The second-order valence-electron chi connectivity index (χ2n) is 9.08. The van der Waals surface area contributed by atoms with E-state index in [9.17, 15) is 18.0 Å². The highest BCUT2D eigenvalue weighted by Crippen LogP contribution is 2.37. The summed E-state index contributed by atoms with van der Waals surface area (Å²) < 4.78 is 47.1. The Morgan fingerprint density at radius 3 is 2.53 bits per heavy atom. The van der Waals surface area contributed by atoms with Gasteiger partial charge in [-0.05, 0) is 25.0 Å². The second-order valence-corrected chi connectivity index (χ2v) is 9.49. The molecule has 2 fully saturated rings. The standard InChI is InChI=1S/C25H25ClF3N5O2/c1-36-25(35)21-20(13-33-6-8-34(9-7-33)16-3-4-16)31-24(23-19(29)11-15(28)12-30-23)32-22(21)17-5-2-14(27)10-18(17)26/h2,5,10-12,16,22H,3-4,6-9,13H2,1H3,(H,31,32)/t22-/m0/s1. The number of methoxy groups -OCH3 is 1. The van der Waals surface area contributed by atoms with E-state index in [0.29, 0.717) is 29.9 Å². The van der Waals surface area contributed by atoms with E-state index in [-0.39, 0.29) is 22.1 Å². The Labute approximate surface area is 211 Å². The molecule has 11 heteroatoms. The van der Waals surface area contributed by atoms with E-state index in [0.717, 1.165) is 38.4 Å². The Balaban J connectivity index is 1.55. The van der Waals surface area contributed by atoms with Crippen LogP contribution in [-0.4, -0.2) is 72.5 Å². The van der Waals surface area contributed by atoms with Crippen LogP contribution in [0.4, 0.5) is 13.2 Å². The van der Waals surface area contributed by atoms with Crippen LogP contribution in [0.1, 0.15) is 30.1 Å². The van der Waals surface area contributed by atoms with Gasteiger partial charge in [-0.15, -0.1) is 0 Å². The first kappa shape index (κ1) is 24.7. The van der Waals surface area contributed by atoms with Crippen LogP contribution in [0.15, 0.2) is 46.7 Å². The first-order valence-corrected chi connectivity index (χ1v) is 12.1. The molecule has 1 atom stereocenters. The predicted molar refractivity (Wildman–Crippen MR) is 128 cm³/mol. The van der Waals surface area contributed by atoms with Crippen LogP contribution in [0.5, 0.6) is 0 Å². The van der Waals surface area contributed by atoms with Gasteiger partial charge in [0.15, 0.2) is 11.7 Å². The van der Waals surface area contributed by atoms with Gasteiger partial charge in [0.1, 0.15) is 23.4 Å². The van der Waals surface area contributed by atoms with Crippen LogP contribution in [0.3, 0.4) is 0 Å². The van der Waals surface area contributed by atoms with Gasteiger partial charge in [0.05, 0.1) is 18.9 Å². The number of carbonyl (C=O) groups is 1. The molecule has 0 spiro atoms. The molecule has 3 aliphatic rings. The number of amidine groups is 1. The van der Waals surface area contributed by atoms with Crippen LogP contribution in [0, 0.1) is 17.5 Å². The summed E-state index contributed by atoms with van der Waals surface area (Å²) in [5.41, 5.74) is 0.764. The monoisotopic (exact) mass is 519 g/mol. The van der Waals surface area contributed by atoms with Gasteiger partial charge in [0.25, 0.3) is 0 Å². The zero-order valence-electron chi connectivity index (χ0n) is 19.6. The quantitative estimate of drug-likeness (QED) is 0.590. The number of hydrogen-bond acceptors (Lipinski definition) is 7. The number of pyridine rings is 1. The molecule has 1 aromatic carbocycles. The Bertz CT molecular complexity index is 1240. The van der Waals surface area contributed by atoms with Gasteiger partial charge in [-0.1, -0.05) is 17.7 Å². The molecule has 1 aromatic heterocycles. The molecular weight excluding hydrogens is 495 g/mol. The van der Waals surface area contributed by atoms with Crippen molar-refractivity contribution in [3.63, 3.8) is 0 Å². The lowest BCUT2D eigenvalue weighted by atomic mass is 9.94. The largest absolute Gasteiger partial charge is 0.466 e. The highest BCUT2D eigenvalue weighted by atomic mass is 35.5. The van der Waals surface area contributed by atoms with E-state index in [4.69, 9.17) is 16.3 Å². The zero-order chi connectivity index (χ0) is 25.4. The minimum absolute atomic E-state index is 0.0113. The number of nitrogens with zero attached hydrogens (tertiary/aromatic N) is 4. The van der Waals surface area contributed by atoms with Crippen molar-refractivity contribution in [1.29, 1.82) is 0 Å². The number of esters is 1. The normalized spacial score (nSPS) is 21.2. The third-order valence-electron chi connectivity index (χ3n) is 6.67. The molecule has 1 saturated carbocycles. The van der Waals surface area contributed by atoms with Crippen molar-refractivity contribution in [3.05, 3.63) is 75.5 Å². The minimum atomic E-state index is -1.02. The fourth-order valence-corrected chi connectivity index (χ4v) is 4.95. The number of benzene rings is 1. The van der Waals surface area contributed by atoms with Crippen LogP contribution in [0.2, 0.25) is 5.02 Å². The van der Waals surface area contributed by atoms with Crippen molar-refractivity contribution < 1.29 is 22.7 Å². The molecule has 5 rings (SSSR count). The van der Waals surface area contributed by atoms with Crippen LogP contribution >= 0.6 is 11.6 Å². The van der Waals surface area contributed by atoms with E-state index in [1.54, 1.807) is 0 Å². The van der Waals surface area contributed by atoms with Crippen molar-refractivity contribution in [3.8, 4) is 0 Å². The summed E-state index contributed by atoms with van der Waals surface area (Å²) in [6.45, 7) is 3.73. The van der Waals surface area contributed by atoms with E-state index in [1.165, 1.54) is 32.1 Å². The van der Waals surface area contributed by atoms with E-state index < -0.39 is 29.5 Å². The van der Waals surface area contributed by atoms with Crippen molar-refractivity contribution in [1.82, 2.24) is 20.1 Å². The summed E-state index contributed by atoms with van der Waals surface area (Å²) in [5, 5.41) is 3.10. The number of nitrogens with one attached hydrogen (secondary N) is 1. The first-order valence-electron chi connectivity index (χ1n) is 11.7. The number of aromatic nitrogens is 1. The first-order chi connectivity index (χ1) is 17.3. The minimum Gasteiger partial charge on any atom is -0.466 e. The summed E-state index contributed by atoms with van der Waals surface area (Å²) in [4.78, 5) is 26.1. The molecule has 1 saturated heterocycles. The smallest absolute Gasteiger partial charge is 0.338 e. The number of hydrogen-bond donors (Lipinski definition) is 1. The zero-order valence-corrected chi connectivity index (χ0v) is 20.4. The highest BCUT2D eigenvalue weighted by Gasteiger charge is 2.36. The molecule has 3 heterocycles. The molecule has 36 heavy (non-hydrogen) atoms. The van der Waals surface area contributed by atoms with Gasteiger partial charge in [-0.25, -0.2) is 22.9 Å². The Hall–Kier alpha value is -2.95. The lowest BCUT2D eigenvalue weighted by molar-refractivity contribution is -0.136. The molecule has 1 N–H and O–H groups in total. The molecule has 2 aliphatic heterocycles. The molecule has 0 unspecified atom stereocenters. The lowest BCUT2D eigenvalue weighted by Gasteiger charge is -2.36. The Morgan fingerprint density at radius 2 is 1.89 bits per heavy atom. The molecular formula is C25H25ClF3N5O2. The average Bonchev–Trinajstić information content (AvgIpc) is 3.69. The number of carbonyl (C=O) groups excluding carboxylic acids is 1. The molecule has 7 nitrogen and oxygen atoms in total. The number of halogens is 4. The maximum atomic E-state index is 14.7. The fourth-order valence-electron chi connectivity index (χ4n) is 4.68. The van der Waals surface area contributed by atoms with Crippen LogP contribution in [-0.2, 0) is 9.53 Å². The van der Waals surface area contributed by atoms with Gasteiger partial charge in [-0.3, -0.25) is 14.8 Å². The van der Waals surface area contributed by atoms with Gasteiger partial charge >= 0.3 is 5.97 Å². The van der Waals surface area contributed by atoms with Crippen LogP contribution < -0.4 is 5.32 Å². The summed E-state index contributed by atoms with van der Waals surface area (Å²) >= 11 is 6.35. The average molecular weight is 520 g/mol. The molecule has 2 aromatic rings.